The number of hydrogen-bond donors (Lipinski definition) is 1. The number of aliphatic carboxylic acids is 1. The lowest BCUT2D eigenvalue weighted by atomic mass is 10.0. The van der Waals surface area contributed by atoms with Crippen LogP contribution >= 0.6 is 0 Å². The summed E-state index contributed by atoms with van der Waals surface area (Å²) in [6.45, 7) is 3.92. The minimum Gasteiger partial charge on any atom is -0.480 e. The molecule has 0 fully saturated rings. The lowest BCUT2D eigenvalue weighted by Crippen LogP contribution is -2.21. The molecule has 1 rings (SSSR count). The van der Waals surface area contributed by atoms with E-state index in [1.165, 1.54) is 11.0 Å². The quantitative estimate of drug-likeness (QED) is 0.730. The molecule has 1 N–H and O–H groups in total. The summed E-state index contributed by atoms with van der Waals surface area (Å²) in [5.74, 6) is -0.605. The number of aromatic nitrogens is 4. The maximum Gasteiger partial charge on any atom is 0.328 e. The van der Waals surface area contributed by atoms with Gasteiger partial charge in [-0.3, -0.25) is 0 Å². The standard InChI is InChI=1S/C7H12N4O2/c1-5(2)3-6(7(12)13)11-4-8-9-10-11/h4-6H,3H2,1-2H3,(H,12,13). The van der Waals surface area contributed by atoms with Crippen LogP contribution < -0.4 is 0 Å². The highest BCUT2D eigenvalue weighted by atomic mass is 16.4. The van der Waals surface area contributed by atoms with Gasteiger partial charge in [0.1, 0.15) is 6.33 Å². The molecule has 6 heteroatoms. The maximum absolute atomic E-state index is 10.8. The molecule has 1 aromatic heterocycles. The molecule has 6 nitrogen and oxygen atoms in total. The SMILES string of the molecule is CC(C)CC(C(=O)O)n1cnnn1. The Hall–Kier alpha value is -1.46. The van der Waals surface area contributed by atoms with Gasteiger partial charge >= 0.3 is 5.97 Å². The minimum absolute atomic E-state index is 0.297. The number of hydrogen-bond acceptors (Lipinski definition) is 4. The van der Waals surface area contributed by atoms with Crippen LogP contribution in [0.2, 0.25) is 0 Å². The van der Waals surface area contributed by atoms with E-state index in [1.54, 1.807) is 0 Å². The Labute approximate surface area is 75.6 Å². The second-order valence-corrected chi connectivity index (χ2v) is 3.27. The third-order valence-corrected chi connectivity index (χ3v) is 1.66. The van der Waals surface area contributed by atoms with E-state index in [0.29, 0.717) is 12.3 Å². The molecule has 0 saturated heterocycles. The predicted octanol–water partition coefficient (Wildman–Crippen LogP) is 0.345. The van der Waals surface area contributed by atoms with Crippen LogP contribution in [-0.2, 0) is 4.79 Å². The van der Waals surface area contributed by atoms with E-state index in [9.17, 15) is 4.79 Å². The molecule has 1 aromatic rings. The van der Waals surface area contributed by atoms with Crippen LogP contribution in [-0.4, -0.2) is 31.3 Å². The number of nitrogens with zero attached hydrogens (tertiary/aromatic N) is 4. The van der Waals surface area contributed by atoms with Crippen LogP contribution in [0, 0.1) is 5.92 Å². The first-order valence-corrected chi connectivity index (χ1v) is 4.06. The third kappa shape index (κ3) is 2.50. The van der Waals surface area contributed by atoms with Crippen LogP contribution in [0.5, 0.6) is 0 Å². The van der Waals surface area contributed by atoms with Crippen LogP contribution in [0.25, 0.3) is 0 Å². The van der Waals surface area contributed by atoms with Crippen LogP contribution in [0.15, 0.2) is 6.33 Å². The smallest absolute Gasteiger partial charge is 0.328 e. The summed E-state index contributed by atoms with van der Waals surface area (Å²) in [4.78, 5) is 10.8. The Kier molecular flexibility index (Phi) is 2.94. The van der Waals surface area contributed by atoms with Crippen molar-refractivity contribution in [3.05, 3.63) is 6.33 Å². The van der Waals surface area contributed by atoms with Gasteiger partial charge in [0.15, 0.2) is 6.04 Å². The van der Waals surface area contributed by atoms with Gasteiger partial charge in [0.2, 0.25) is 0 Å². The van der Waals surface area contributed by atoms with Gasteiger partial charge in [0.25, 0.3) is 0 Å². The van der Waals surface area contributed by atoms with Gasteiger partial charge in [0.05, 0.1) is 0 Å². The van der Waals surface area contributed by atoms with Gasteiger partial charge in [-0.25, -0.2) is 9.48 Å². The van der Waals surface area contributed by atoms with Gasteiger partial charge in [0, 0.05) is 0 Å². The van der Waals surface area contributed by atoms with Gasteiger partial charge in [-0.1, -0.05) is 13.8 Å². The molecule has 1 unspecified atom stereocenters. The fraction of sp³-hybridized carbons (Fsp3) is 0.714. The Morgan fingerprint density at radius 3 is 2.69 bits per heavy atom. The van der Waals surface area contributed by atoms with Crippen molar-refractivity contribution in [3.8, 4) is 0 Å². The summed E-state index contributed by atoms with van der Waals surface area (Å²) in [6.07, 6.45) is 1.85. The number of tetrazole rings is 1. The Balaban J connectivity index is 2.75. The number of rotatable bonds is 4. The van der Waals surface area contributed by atoms with Crippen LogP contribution in [0.4, 0.5) is 0 Å². The van der Waals surface area contributed by atoms with Crippen molar-refractivity contribution in [1.82, 2.24) is 20.2 Å². The molecule has 0 spiro atoms. The van der Waals surface area contributed by atoms with Crippen LogP contribution in [0.1, 0.15) is 26.3 Å². The Morgan fingerprint density at radius 1 is 1.62 bits per heavy atom. The molecule has 0 aliphatic carbocycles. The van der Waals surface area contributed by atoms with E-state index >= 15 is 0 Å². The maximum atomic E-state index is 10.8. The average molecular weight is 184 g/mol. The summed E-state index contributed by atoms with van der Waals surface area (Å²) in [5.41, 5.74) is 0. The van der Waals surface area contributed by atoms with Crippen molar-refractivity contribution in [1.29, 1.82) is 0 Å². The van der Waals surface area contributed by atoms with Gasteiger partial charge < -0.3 is 5.11 Å². The fourth-order valence-electron chi connectivity index (χ4n) is 1.08. The number of carboxylic acid groups (broad SMARTS) is 1. The Morgan fingerprint density at radius 2 is 2.31 bits per heavy atom. The third-order valence-electron chi connectivity index (χ3n) is 1.66. The molecular weight excluding hydrogens is 172 g/mol. The number of carboxylic acids is 1. The predicted molar refractivity (Wildman–Crippen MR) is 43.9 cm³/mol. The molecular formula is C7H12N4O2. The van der Waals surface area contributed by atoms with Crippen molar-refractivity contribution in [3.63, 3.8) is 0 Å². The second-order valence-electron chi connectivity index (χ2n) is 3.27. The van der Waals surface area contributed by atoms with Crippen molar-refractivity contribution in [2.75, 3.05) is 0 Å². The summed E-state index contributed by atoms with van der Waals surface area (Å²) in [5, 5.41) is 19.2. The first-order chi connectivity index (χ1) is 6.11. The monoisotopic (exact) mass is 184 g/mol. The van der Waals surface area contributed by atoms with Crippen molar-refractivity contribution < 1.29 is 9.90 Å². The van der Waals surface area contributed by atoms with E-state index in [2.05, 4.69) is 15.5 Å². The van der Waals surface area contributed by atoms with E-state index < -0.39 is 12.0 Å². The Bertz CT molecular complexity index is 270. The van der Waals surface area contributed by atoms with Crippen molar-refractivity contribution in [2.45, 2.75) is 26.3 Å². The van der Waals surface area contributed by atoms with Crippen molar-refractivity contribution in [2.24, 2.45) is 5.92 Å². The average Bonchev–Trinajstić information content (AvgIpc) is 2.50. The lowest BCUT2D eigenvalue weighted by Gasteiger charge is -2.13. The van der Waals surface area contributed by atoms with E-state index in [-0.39, 0.29) is 0 Å². The minimum atomic E-state index is -0.902. The molecule has 72 valence electrons. The molecule has 0 radical (unpaired) electrons. The molecule has 0 bridgehead atoms. The molecule has 1 heterocycles. The molecule has 0 aliphatic rings. The van der Waals surface area contributed by atoms with Crippen molar-refractivity contribution >= 4 is 5.97 Å². The van der Waals surface area contributed by atoms with Gasteiger partial charge in [-0.15, -0.1) is 5.10 Å². The zero-order valence-electron chi connectivity index (χ0n) is 7.58. The second kappa shape index (κ2) is 3.97. The number of carbonyl (C=O) groups is 1. The van der Waals surface area contributed by atoms with Gasteiger partial charge in [-0.05, 0) is 22.8 Å². The normalized spacial score (nSPS) is 13.2. The molecule has 0 saturated carbocycles. The van der Waals surface area contributed by atoms with Gasteiger partial charge in [-0.2, -0.15) is 0 Å². The molecule has 0 aromatic carbocycles. The van der Waals surface area contributed by atoms with Crippen LogP contribution in [0.3, 0.4) is 0 Å². The zero-order valence-corrected chi connectivity index (χ0v) is 7.58. The highest BCUT2D eigenvalue weighted by Gasteiger charge is 2.21. The molecule has 1 atom stereocenters. The fourth-order valence-corrected chi connectivity index (χ4v) is 1.08. The molecule has 0 aliphatic heterocycles. The first kappa shape index (κ1) is 9.63. The zero-order chi connectivity index (χ0) is 9.84. The summed E-state index contributed by atoms with van der Waals surface area (Å²) in [6, 6.07) is -0.657. The lowest BCUT2D eigenvalue weighted by molar-refractivity contribution is -0.141. The topological polar surface area (TPSA) is 80.9 Å². The highest BCUT2D eigenvalue weighted by molar-refractivity contribution is 5.71. The summed E-state index contributed by atoms with van der Waals surface area (Å²) in [7, 11) is 0. The molecule has 0 amide bonds. The molecule has 13 heavy (non-hydrogen) atoms. The first-order valence-electron chi connectivity index (χ1n) is 4.06. The van der Waals surface area contributed by atoms with E-state index in [4.69, 9.17) is 5.11 Å². The largest absolute Gasteiger partial charge is 0.480 e. The summed E-state index contributed by atoms with van der Waals surface area (Å²) >= 11 is 0. The highest BCUT2D eigenvalue weighted by Crippen LogP contribution is 2.15. The van der Waals surface area contributed by atoms with E-state index in [1.807, 2.05) is 13.8 Å². The van der Waals surface area contributed by atoms with E-state index in [0.717, 1.165) is 0 Å². The summed E-state index contributed by atoms with van der Waals surface area (Å²) < 4.78 is 1.27.